The van der Waals surface area contributed by atoms with Gasteiger partial charge in [-0.3, -0.25) is 0 Å². The maximum absolute atomic E-state index is 11.5. The molecule has 2 rings (SSSR count). The highest BCUT2D eigenvalue weighted by Gasteiger charge is 2.29. The predicted molar refractivity (Wildman–Crippen MR) is 44.3 cm³/mol. The number of rotatable bonds is 2. The molecule has 0 aliphatic heterocycles. The molecule has 0 amide bonds. The van der Waals surface area contributed by atoms with Gasteiger partial charge in [0, 0.05) is 12.1 Å². The molecule has 0 aliphatic carbocycles. The summed E-state index contributed by atoms with van der Waals surface area (Å²) >= 11 is 0. The van der Waals surface area contributed by atoms with Crippen molar-refractivity contribution in [3.05, 3.63) is 36.8 Å². The van der Waals surface area contributed by atoms with E-state index >= 15 is 0 Å². The van der Waals surface area contributed by atoms with Gasteiger partial charge in [-0.15, -0.1) is 0 Å². The fourth-order valence-corrected chi connectivity index (χ4v) is 1.85. The summed E-state index contributed by atoms with van der Waals surface area (Å²) in [5.74, 6) is 0. The lowest BCUT2D eigenvalue weighted by molar-refractivity contribution is 0.557. The summed E-state index contributed by atoms with van der Waals surface area (Å²) in [5, 5.41) is 0. The molecule has 0 atom stereocenters. The lowest BCUT2D eigenvalue weighted by atomic mass is 10.7. The van der Waals surface area contributed by atoms with Crippen molar-refractivity contribution in [3.63, 3.8) is 0 Å². The molecule has 0 saturated heterocycles. The average molecular weight is 181 g/mol. The topological polar surface area (TPSA) is 43.4 Å². The van der Waals surface area contributed by atoms with Gasteiger partial charge in [-0.05, 0) is 12.1 Å². The minimum Gasteiger partial charge on any atom is -0.427 e. The first kappa shape index (κ1) is 7.32. The van der Waals surface area contributed by atoms with Crippen LogP contribution in [0.1, 0.15) is 0 Å². The van der Waals surface area contributed by atoms with Gasteiger partial charge in [0.1, 0.15) is 0 Å². The van der Waals surface area contributed by atoms with Crippen LogP contribution in [-0.2, 0) is 4.57 Å². The van der Waals surface area contributed by atoms with Crippen LogP contribution in [0.15, 0.2) is 45.6 Å². The molecular weight excluding hydrogens is 175 g/mol. The molecule has 60 valence electrons. The molecule has 4 heteroatoms. The highest BCUT2D eigenvalue weighted by molar-refractivity contribution is 7.60. The van der Waals surface area contributed by atoms with Crippen LogP contribution in [-0.4, -0.2) is 0 Å². The minimum atomic E-state index is -1.68. The Hall–Kier alpha value is -1.34. The molecule has 0 unspecified atom stereocenters. The van der Waals surface area contributed by atoms with E-state index in [0.717, 1.165) is 0 Å². The first-order valence-electron chi connectivity index (χ1n) is 3.42. The van der Waals surface area contributed by atoms with Gasteiger partial charge in [-0.2, -0.15) is 0 Å². The molecule has 12 heavy (non-hydrogen) atoms. The van der Waals surface area contributed by atoms with Crippen LogP contribution >= 0.6 is 7.80 Å². The summed E-state index contributed by atoms with van der Waals surface area (Å²) in [6, 6.07) is 6.74. The maximum Gasteiger partial charge on any atom is 0.492 e. The Labute approximate surface area is 69.8 Å². The van der Waals surface area contributed by atoms with Gasteiger partial charge in [0.05, 0.1) is 12.5 Å². The lowest BCUT2D eigenvalue weighted by Gasteiger charge is -1.75. The molecule has 2 aromatic heterocycles. The zero-order valence-corrected chi connectivity index (χ0v) is 7.03. The van der Waals surface area contributed by atoms with E-state index in [-0.39, 0.29) is 0 Å². The summed E-state index contributed by atoms with van der Waals surface area (Å²) in [5.41, 5.74) is 0.889. The Kier molecular flexibility index (Phi) is 1.80. The highest BCUT2D eigenvalue weighted by Crippen LogP contribution is 2.19. The molecule has 3 nitrogen and oxygen atoms in total. The van der Waals surface area contributed by atoms with Crippen LogP contribution in [0.5, 0.6) is 0 Å². The van der Waals surface area contributed by atoms with Crippen molar-refractivity contribution in [2.75, 3.05) is 0 Å². The summed E-state index contributed by atoms with van der Waals surface area (Å²) in [6.45, 7) is 0. The van der Waals surface area contributed by atoms with E-state index in [1.807, 2.05) is 0 Å². The van der Waals surface area contributed by atoms with E-state index in [0.29, 0.717) is 11.0 Å². The normalized spacial score (nSPS) is 10.0. The molecule has 0 N–H and O–H groups in total. The lowest BCUT2D eigenvalue weighted by Crippen LogP contribution is -2.00. The van der Waals surface area contributed by atoms with E-state index in [9.17, 15) is 4.57 Å². The van der Waals surface area contributed by atoms with Gasteiger partial charge in [0.2, 0.25) is 0 Å². The van der Waals surface area contributed by atoms with Crippen molar-refractivity contribution >= 4 is 18.8 Å². The molecule has 0 radical (unpaired) electrons. The predicted octanol–water partition coefficient (Wildman–Crippen LogP) is 1.65. The maximum atomic E-state index is 11.5. The Morgan fingerprint density at radius 3 is 1.83 bits per heavy atom. The zero-order chi connectivity index (χ0) is 8.39. The Bertz CT molecular complexity index is 325. The van der Waals surface area contributed by atoms with Crippen molar-refractivity contribution in [3.8, 4) is 0 Å². The van der Waals surface area contributed by atoms with E-state index in [4.69, 9.17) is 8.83 Å². The monoisotopic (exact) mass is 181 g/mol. The van der Waals surface area contributed by atoms with Gasteiger partial charge < -0.3 is 8.83 Å². The third-order valence-electron chi connectivity index (χ3n) is 1.41. The van der Waals surface area contributed by atoms with E-state index < -0.39 is 7.80 Å². The first-order valence-corrected chi connectivity index (χ1v) is 4.68. The van der Waals surface area contributed by atoms with Gasteiger partial charge in [0.15, 0.2) is 0 Å². The molecular formula is C8H6O3P+. The molecule has 2 heterocycles. The molecule has 0 spiro atoms. The molecule has 0 aromatic carbocycles. The average Bonchev–Trinajstić information content (AvgIpc) is 2.77. The van der Waals surface area contributed by atoms with Gasteiger partial charge >= 0.3 is 18.8 Å². The van der Waals surface area contributed by atoms with Crippen LogP contribution in [0.25, 0.3) is 0 Å². The molecule has 0 fully saturated rings. The summed E-state index contributed by atoms with van der Waals surface area (Å²) in [6.07, 6.45) is 2.98. The van der Waals surface area contributed by atoms with E-state index in [2.05, 4.69) is 0 Å². The van der Waals surface area contributed by atoms with Crippen LogP contribution in [0.3, 0.4) is 0 Å². The second kappa shape index (κ2) is 2.95. The Morgan fingerprint density at radius 1 is 1.00 bits per heavy atom. The number of hydrogen-bond donors (Lipinski definition) is 0. The summed E-state index contributed by atoms with van der Waals surface area (Å²) in [7, 11) is -1.68. The minimum absolute atomic E-state index is 0.444. The molecule has 0 saturated carbocycles. The van der Waals surface area contributed by atoms with Crippen molar-refractivity contribution in [2.24, 2.45) is 0 Å². The largest absolute Gasteiger partial charge is 0.492 e. The second-order valence-corrected chi connectivity index (χ2v) is 3.67. The zero-order valence-electron chi connectivity index (χ0n) is 6.14. The van der Waals surface area contributed by atoms with Crippen LogP contribution in [0, 0.1) is 0 Å². The quantitative estimate of drug-likeness (QED) is 0.661. The molecule has 2 aromatic rings. The highest BCUT2D eigenvalue weighted by atomic mass is 31.1. The van der Waals surface area contributed by atoms with Crippen molar-refractivity contribution in [2.45, 2.75) is 0 Å². The SMILES string of the molecule is O=[P+](c1ccco1)c1ccco1. The van der Waals surface area contributed by atoms with Crippen LogP contribution in [0.4, 0.5) is 0 Å². The third-order valence-corrected chi connectivity index (χ3v) is 2.72. The first-order chi connectivity index (χ1) is 5.88. The summed E-state index contributed by atoms with van der Waals surface area (Å²) < 4.78 is 21.5. The van der Waals surface area contributed by atoms with Crippen molar-refractivity contribution in [1.82, 2.24) is 0 Å². The van der Waals surface area contributed by atoms with Crippen molar-refractivity contribution < 1.29 is 13.4 Å². The third kappa shape index (κ3) is 1.19. The fraction of sp³-hybridized carbons (Fsp3) is 0. The molecule has 0 aliphatic rings. The van der Waals surface area contributed by atoms with Gasteiger partial charge in [0.25, 0.3) is 0 Å². The summed E-state index contributed by atoms with van der Waals surface area (Å²) in [4.78, 5) is 0. The van der Waals surface area contributed by atoms with Crippen LogP contribution in [0.2, 0.25) is 0 Å². The van der Waals surface area contributed by atoms with E-state index in [1.54, 1.807) is 24.3 Å². The second-order valence-electron chi connectivity index (χ2n) is 2.20. The van der Waals surface area contributed by atoms with Gasteiger partial charge in [-0.25, -0.2) is 0 Å². The smallest absolute Gasteiger partial charge is 0.427 e. The fourth-order valence-electron chi connectivity index (χ4n) is 0.879. The standard InChI is InChI=1S/C8H6O3P/c9-12(7-3-1-5-10-7)8-4-2-6-11-8/h1-6H/q+1. The van der Waals surface area contributed by atoms with Crippen LogP contribution < -0.4 is 11.0 Å². The van der Waals surface area contributed by atoms with Gasteiger partial charge in [-0.1, -0.05) is 4.57 Å². The number of furan rings is 2. The Morgan fingerprint density at radius 2 is 1.50 bits per heavy atom. The Balaban J connectivity index is 2.34. The molecule has 0 bridgehead atoms. The van der Waals surface area contributed by atoms with E-state index in [1.165, 1.54) is 12.5 Å². The van der Waals surface area contributed by atoms with Crippen molar-refractivity contribution in [1.29, 1.82) is 0 Å². The number of hydrogen-bond acceptors (Lipinski definition) is 3.